The van der Waals surface area contributed by atoms with E-state index in [2.05, 4.69) is 52.0 Å². The van der Waals surface area contributed by atoms with Gasteiger partial charge in [-0.3, -0.25) is 4.90 Å². The quantitative estimate of drug-likeness (QED) is 0.761. The minimum absolute atomic E-state index is 0.856. The highest BCUT2D eigenvalue weighted by atomic mass is 79.9. The number of hydrogen-bond donors (Lipinski definition) is 0. The summed E-state index contributed by atoms with van der Waals surface area (Å²) in [5.74, 6) is 0.856. The zero-order chi connectivity index (χ0) is 10.7. The molecule has 1 heterocycles. The predicted octanol–water partition coefficient (Wildman–Crippen LogP) is 3.21. The maximum absolute atomic E-state index is 3.57. The molecule has 2 heteroatoms. The molecule has 2 rings (SSSR count). The van der Waals surface area contributed by atoms with Crippen LogP contribution in [0.3, 0.4) is 0 Å². The normalized spacial score (nSPS) is 22.1. The third kappa shape index (κ3) is 3.05. The first-order chi connectivity index (χ1) is 7.28. The molecule has 0 bridgehead atoms. The maximum Gasteiger partial charge on any atom is 0.0233 e. The van der Waals surface area contributed by atoms with Crippen LogP contribution in [-0.4, -0.2) is 23.3 Å². The molecule has 82 valence electrons. The van der Waals surface area contributed by atoms with Crippen LogP contribution in [0.15, 0.2) is 24.3 Å². The lowest BCUT2D eigenvalue weighted by molar-refractivity contribution is 0.321. The highest BCUT2D eigenvalue weighted by Crippen LogP contribution is 2.20. The van der Waals surface area contributed by atoms with Gasteiger partial charge in [-0.25, -0.2) is 0 Å². The summed E-state index contributed by atoms with van der Waals surface area (Å²) >= 11 is 3.57. The molecule has 1 atom stereocenters. The fourth-order valence-corrected chi connectivity index (χ4v) is 2.78. The predicted molar refractivity (Wildman–Crippen MR) is 68.4 cm³/mol. The van der Waals surface area contributed by atoms with E-state index >= 15 is 0 Å². The van der Waals surface area contributed by atoms with Crippen molar-refractivity contribution in [3.8, 4) is 0 Å². The first-order valence-electron chi connectivity index (χ1n) is 5.62. The van der Waals surface area contributed by atoms with Crippen molar-refractivity contribution in [2.24, 2.45) is 5.92 Å². The number of hydrogen-bond acceptors (Lipinski definition) is 1. The van der Waals surface area contributed by atoms with Gasteiger partial charge >= 0.3 is 0 Å². The van der Waals surface area contributed by atoms with E-state index < -0.39 is 0 Å². The van der Waals surface area contributed by atoms with Crippen LogP contribution in [0.4, 0.5) is 0 Å². The summed E-state index contributed by atoms with van der Waals surface area (Å²) in [7, 11) is 0. The van der Waals surface area contributed by atoms with Gasteiger partial charge in [-0.15, -0.1) is 0 Å². The summed E-state index contributed by atoms with van der Waals surface area (Å²) in [6.07, 6.45) is 1.34. The van der Waals surface area contributed by atoms with Gasteiger partial charge < -0.3 is 0 Å². The van der Waals surface area contributed by atoms with Gasteiger partial charge in [0.1, 0.15) is 0 Å². The van der Waals surface area contributed by atoms with E-state index in [9.17, 15) is 0 Å². The van der Waals surface area contributed by atoms with Gasteiger partial charge in [-0.2, -0.15) is 0 Å². The second-order valence-corrected chi connectivity index (χ2v) is 5.18. The number of aryl methyl sites for hydroxylation is 1. The molecular formula is C13H18BrN. The summed E-state index contributed by atoms with van der Waals surface area (Å²) in [6, 6.07) is 8.84. The topological polar surface area (TPSA) is 3.24 Å². The van der Waals surface area contributed by atoms with E-state index in [1.165, 1.54) is 30.6 Å². The molecular weight excluding hydrogens is 250 g/mol. The van der Waals surface area contributed by atoms with E-state index in [0.717, 1.165) is 17.8 Å². The Balaban J connectivity index is 1.92. The third-order valence-electron chi connectivity index (χ3n) is 3.08. The van der Waals surface area contributed by atoms with Crippen molar-refractivity contribution in [1.82, 2.24) is 4.90 Å². The van der Waals surface area contributed by atoms with E-state index in [0.29, 0.717) is 0 Å². The van der Waals surface area contributed by atoms with Crippen molar-refractivity contribution in [3.05, 3.63) is 35.4 Å². The molecule has 1 saturated heterocycles. The van der Waals surface area contributed by atoms with E-state index in [1.807, 2.05) is 0 Å². The number of alkyl halides is 1. The number of rotatable bonds is 3. The molecule has 0 N–H and O–H groups in total. The van der Waals surface area contributed by atoms with Crippen LogP contribution in [0.1, 0.15) is 17.5 Å². The molecule has 0 radical (unpaired) electrons. The van der Waals surface area contributed by atoms with Gasteiger partial charge in [0.05, 0.1) is 0 Å². The molecule has 0 saturated carbocycles. The van der Waals surface area contributed by atoms with Crippen molar-refractivity contribution in [1.29, 1.82) is 0 Å². The summed E-state index contributed by atoms with van der Waals surface area (Å²) in [5, 5.41) is 1.15. The zero-order valence-corrected chi connectivity index (χ0v) is 10.8. The molecule has 1 aromatic rings. The van der Waals surface area contributed by atoms with Crippen LogP contribution < -0.4 is 0 Å². The molecule has 15 heavy (non-hydrogen) atoms. The highest BCUT2D eigenvalue weighted by molar-refractivity contribution is 9.09. The van der Waals surface area contributed by atoms with Gasteiger partial charge in [0.15, 0.2) is 0 Å². The van der Waals surface area contributed by atoms with Crippen LogP contribution in [0.25, 0.3) is 0 Å². The standard InChI is InChI=1S/C13H18BrN/c1-11-3-2-4-12(7-11)9-15-6-5-13(8-14)10-15/h2-4,7,13H,5-6,8-10H2,1H3. The molecule has 1 nitrogen and oxygen atoms in total. The first-order valence-corrected chi connectivity index (χ1v) is 6.74. The molecule has 1 unspecified atom stereocenters. The summed E-state index contributed by atoms with van der Waals surface area (Å²) in [5.41, 5.74) is 2.81. The monoisotopic (exact) mass is 267 g/mol. The van der Waals surface area contributed by atoms with Crippen LogP contribution in [0, 0.1) is 12.8 Å². The number of benzene rings is 1. The Kier molecular flexibility index (Phi) is 3.81. The Hall–Kier alpha value is -0.340. The van der Waals surface area contributed by atoms with Gasteiger partial charge in [-0.05, 0) is 31.4 Å². The second kappa shape index (κ2) is 5.13. The van der Waals surface area contributed by atoms with E-state index in [4.69, 9.17) is 0 Å². The molecule has 0 amide bonds. The van der Waals surface area contributed by atoms with E-state index in [-0.39, 0.29) is 0 Å². The minimum Gasteiger partial charge on any atom is -0.299 e. The molecule has 0 aromatic heterocycles. The van der Waals surface area contributed by atoms with Crippen LogP contribution in [0.5, 0.6) is 0 Å². The van der Waals surface area contributed by atoms with Crippen molar-refractivity contribution >= 4 is 15.9 Å². The van der Waals surface area contributed by atoms with Crippen LogP contribution >= 0.6 is 15.9 Å². The van der Waals surface area contributed by atoms with Crippen LogP contribution in [0.2, 0.25) is 0 Å². The smallest absolute Gasteiger partial charge is 0.0233 e. The Morgan fingerprint density at radius 2 is 2.33 bits per heavy atom. The molecule has 1 fully saturated rings. The summed E-state index contributed by atoms with van der Waals surface area (Å²) < 4.78 is 0. The van der Waals surface area contributed by atoms with Gasteiger partial charge in [0.2, 0.25) is 0 Å². The van der Waals surface area contributed by atoms with Crippen molar-refractivity contribution < 1.29 is 0 Å². The lowest BCUT2D eigenvalue weighted by Gasteiger charge is -2.15. The first kappa shape index (κ1) is 11.2. The molecule has 1 aromatic carbocycles. The fourth-order valence-electron chi connectivity index (χ4n) is 2.25. The number of nitrogens with zero attached hydrogens (tertiary/aromatic N) is 1. The molecule has 1 aliphatic heterocycles. The summed E-state index contributed by atoms with van der Waals surface area (Å²) in [6.45, 7) is 5.78. The maximum atomic E-state index is 3.57. The van der Waals surface area contributed by atoms with Gasteiger partial charge in [-0.1, -0.05) is 45.8 Å². The molecule has 0 spiro atoms. The van der Waals surface area contributed by atoms with E-state index in [1.54, 1.807) is 0 Å². The SMILES string of the molecule is Cc1cccc(CN2CCC(CBr)C2)c1. The average Bonchev–Trinajstić information content (AvgIpc) is 2.65. The highest BCUT2D eigenvalue weighted by Gasteiger charge is 2.20. The zero-order valence-electron chi connectivity index (χ0n) is 9.25. The van der Waals surface area contributed by atoms with Crippen molar-refractivity contribution in [2.45, 2.75) is 19.9 Å². The number of likely N-dealkylation sites (tertiary alicyclic amines) is 1. The summed E-state index contributed by atoms with van der Waals surface area (Å²) in [4.78, 5) is 2.56. The van der Waals surface area contributed by atoms with Crippen molar-refractivity contribution in [2.75, 3.05) is 18.4 Å². The molecule has 0 aliphatic carbocycles. The Bertz CT molecular complexity index is 324. The van der Waals surface area contributed by atoms with Gasteiger partial charge in [0.25, 0.3) is 0 Å². The fraction of sp³-hybridized carbons (Fsp3) is 0.538. The number of halogens is 1. The largest absolute Gasteiger partial charge is 0.299 e. The van der Waals surface area contributed by atoms with Crippen LogP contribution in [-0.2, 0) is 6.54 Å². The third-order valence-corrected chi connectivity index (χ3v) is 3.99. The Labute approximate surface area is 101 Å². The Morgan fingerprint density at radius 3 is 3.00 bits per heavy atom. The molecule has 1 aliphatic rings. The Morgan fingerprint density at radius 1 is 1.47 bits per heavy atom. The van der Waals surface area contributed by atoms with Gasteiger partial charge in [0, 0.05) is 18.4 Å². The minimum atomic E-state index is 0.856. The average molecular weight is 268 g/mol. The lowest BCUT2D eigenvalue weighted by Crippen LogP contribution is -2.20. The second-order valence-electron chi connectivity index (χ2n) is 4.53. The lowest BCUT2D eigenvalue weighted by atomic mass is 10.1. The van der Waals surface area contributed by atoms with Crippen molar-refractivity contribution in [3.63, 3.8) is 0 Å².